The molecule has 156 valence electrons. The second kappa shape index (κ2) is 7.12. The van der Waals surface area contributed by atoms with E-state index in [4.69, 9.17) is 11.1 Å². The number of fused-ring (bicyclic) bond motifs is 5. The molecule has 0 aliphatic heterocycles. The average molecular weight is 416 g/mol. The number of nitrogens with one attached hydrogen (secondary N) is 3. The number of alkyl halides is 3. The number of aromatic amines is 1. The second-order valence-corrected chi connectivity index (χ2v) is 7.13. The van der Waals surface area contributed by atoms with E-state index in [-0.39, 0.29) is 17.3 Å². The lowest BCUT2D eigenvalue weighted by atomic mass is 9.85. The first-order chi connectivity index (χ1) is 14.3. The van der Waals surface area contributed by atoms with E-state index in [0.717, 1.165) is 18.4 Å². The van der Waals surface area contributed by atoms with Crippen LogP contribution >= 0.6 is 0 Å². The topological polar surface area (TPSA) is 121 Å². The molecule has 5 N–H and O–H groups in total. The third-order valence-electron chi connectivity index (χ3n) is 5.43. The minimum absolute atomic E-state index is 0.0753. The number of hydrogen-bond donors (Lipinski definition) is 4. The summed E-state index contributed by atoms with van der Waals surface area (Å²) in [6.07, 6.45) is -1.39. The molecule has 7 nitrogen and oxygen atoms in total. The Bertz CT molecular complexity index is 1220. The Morgan fingerprint density at radius 3 is 2.53 bits per heavy atom. The van der Waals surface area contributed by atoms with Crippen LogP contribution in [0, 0.1) is 5.41 Å². The maximum Gasteiger partial charge on any atom is 0.431 e. The molecule has 1 amide bonds. The van der Waals surface area contributed by atoms with Gasteiger partial charge in [-0.25, -0.2) is 4.98 Å². The lowest BCUT2D eigenvalue weighted by molar-refractivity contribution is -0.0919. The number of hydrogen-bond acceptors (Lipinski definition) is 5. The van der Waals surface area contributed by atoms with Gasteiger partial charge in [0.25, 0.3) is 5.91 Å². The number of aromatic nitrogens is 3. The highest BCUT2D eigenvalue weighted by atomic mass is 19.4. The van der Waals surface area contributed by atoms with Gasteiger partial charge in [0.1, 0.15) is 5.70 Å². The monoisotopic (exact) mass is 416 g/mol. The molecule has 4 rings (SSSR count). The fraction of sp³-hybridized carbons (Fsp3) is 0.300. The Hall–Kier alpha value is -3.43. The van der Waals surface area contributed by atoms with Crippen molar-refractivity contribution in [1.82, 2.24) is 20.5 Å². The zero-order chi connectivity index (χ0) is 21.6. The summed E-state index contributed by atoms with van der Waals surface area (Å²) in [5, 5.41) is 18.4. The van der Waals surface area contributed by atoms with Crippen molar-refractivity contribution in [2.45, 2.75) is 31.9 Å². The molecule has 0 saturated heterocycles. The highest BCUT2D eigenvalue weighted by molar-refractivity contribution is 6.17. The van der Waals surface area contributed by atoms with E-state index < -0.39 is 17.4 Å². The van der Waals surface area contributed by atoms with Gasteiger partial charge < -0.3 is 16.5 Å². The van der Waals surface area contributed by atoms with Gasteiger partial charge in [-0.15, -0.1) is 0 Å². The Morgan fingerprint density at radius 2 is 1.90 bits per heavy atom. The lowest BCUT2D eigenvalue weighted by Crippen LogP contribution is -2.23. The SMILES string of the molecule is CNC(=O)c1n[nH]c2ccc3nc(C(C=N)=C(N)C(F)(F)F)c4c(c3c12)CCCC4. The van der Waals surface area contributed by atoms with Crippen molar-refractivity contribution in [1.29, 1.82) is 5.41 Å². The van der Waals surface area contributed by atoms with Crippen LogP contribution in [0.4, 0.5) is 13.2 Å². The Morgan fingerprint density at radius 1 is 1.20 bits per heavy atom. The van der Waals surface area contributed by atoms with E-state index in [0.29, 0.717) is 46.4 Å². The molecule has 1 aromatic carbocycles. The van der Waals surface area contributed by atoms with Crippen molar-refractivity contribution in [2.24, 2.45) is 5.73 Å². The van der Waals surface area contributed by atoms with Gasteiger partial charge in [0.2, 0.25) is 0 Å². The molecule has 2 aromatic heterocycles. The van der Waals surface area contributed by atoms with Gasteiger partial charge in [-0.3, -0.25) is 9.89 Å². The van der Waals surface area contributed by atoms with Crippen LogP contribution in [0.2, 0.25) is 0 Å². The van der Waals surface area contributed by atoms with E-state index in [1.54, 1.807) is 12.1 Å². The number of nitrogens with zero attached hydrogens (tertiary/aromatic N) is 2. The number of halogens is 3. The summed E-state index contributed by atoms with van der Waals surface area (Å²) in [6.45, 7) is 0. The van der Waals surface area contributed by atoms with Crippen LogP contribution in [0.5, 0.6) is 0 Å². The lowest BCUT2D eigenvalue weighted by Gasteiger charge is -2.23. The first kappa shape index (κ1) is 19.9. The third kappa shape index (κ3) is 2.99. The molecule has 2 heterocycles. The molecule has 0 fully saturated rings. The van der Waals surface area contributed by atoms with Crippen LogP contribution < -0.4 is 11.1 Å². The Balaban J connectivity index is 2.14. The first-order valence-corrected chi connectivity index (χ1v) is 9.40. The van der Waals surface area contributed by atoms with Crippen LogP contribution in [0.25, 0.3) is 27.4 Å². The number of pyridine rings is 1. The van der Waals surface area contributed by atoms with Gasteiger partial charge in [0, 0.05) is 29.6 Å². The molecule has 0 radical (unpaired) electrons. The van der Waals surface area contributed by atoms with Crippen LogP contribution in [0.3, 0.4) is 0 Å². The molecule has 3 aromatic rings. The summed E-state index contributed by atoms with van der Waals surface area (Å²) in [6, 6.07) is 3.36. The number of benzene rings is 1. The van der Waals surface area contributed by atoms with Gasteiger partial charge in [0.05, 0.1) is 16.7 Å². The molecule has 1 aliphatic carbocycles. The van der Waals surface area contributed by atoms with E-state index in [2.05, 4.69) is 20.5 Å². The van der Waals surface area contributed by atoms with E-state index >= 15 is 0 Å². The number of rotatable bonds is 3. The molecular formula is C20H19F3N6O. The van der Waals surface area contributed by atoms with Crippen molar-refractivity contribution in [3.63, 3.8) is 0 Å². The fourth-order valence-corrected chi connectivity index (χ4v) is 4.06. The van der Waals surface area contributed by atoms with Gasteiger partial charge in [-0.05, 0) is 48.9 Å². The predicted octanol–water partition coefficient (Wildman–Crippen LogP) is 3.23. The number of aryl methyl sites for hydroxylation is 1. The minimum atomic E-state index is -4.77. The highest BCUT2D eigenvalue weighted by Crippen LogP contribution is 2.38. The standard InChI is InChI=1S/C20H19F3N6O/c1-26-19(30)17-15-13(28-29-17)7-6-12-14(15)9-4-2-3-5-10(9)16(27-12)11(8-24)18(25)20(21,22)23/h6-8,24H,2-5,25H2,1H3,(H,26,30)(H,28,29). The minimum Gasteiger partial charge on any atom is -0.394 e. The van der Waals surface area contributed by atoms with E-state index in [1.807, 2.05) is 0 Å². The fourth-order valence-electron chi connectivity index (χ4n) is 4.06. The Labute approximate surface area is 169 Å². The normalized spacial score (nSPS) is 15.1. The van der Waals surface area contributed by atoms with Crippen molar-refractivity contribution in [3.8, 4) is 0 Å². The quantitative estimate of drug-likeness (QED) is 0.490. The molecule has 0 atom stereocenters. The summed E-state index contributed by atoms with van der Waals surface area (Å²) >= 11 is 0. The van der Waals surface area contributed by atoms with Gasteiger partial charge in [-0.1, -0.05) is 0 Å². The smallest absolute Gasteiger partial charge is 0.394 e. The number of carbonyl (C=O) groups excluding carboxylic acids is 1. The van der Waals surface area contributed by atoms with Gasteiger partial charge in [0.15, 0.2) is 5.69 Å². The molecule has 1 aliphatic rings. The number of allylic oxidation sites excluding steroid dienone is 2. The zero-order valence-corrected chi connectivity index (χ0v) is 16.1. The number of amides is 1. The Kier molecular flexibility index (Phi) is 4.71. The summed E-state index contributed by atoms with van der Waals surface area (Å²) in [5.41, 5.74) is 6.40. The first-order valence-electron chi connectivity index (χ1n) is 9.40. The van der Waals surface area contributed by atoms with Crippen molar-refractivity contribution in [3.05, 3.63) is 40.3 Å². The summed E-state index contributed by atoms with van der Waals surface area (Å²) in [5.74, 6) is -0.372. The van der Waals surface area contributed by atoms with Crippen molar-refractivity contribution < 1.29 is 18.0 Å². The highest BCUT2D eigenvalue weighted by Gasteiger charge is 2.36. The van der Waals surface area contributed by atoms with Crippen LogP contribution in [0.1, 0.15) is 40.2 Å². The molecule has 30 heavy (non-hydrogen) atoms. The number of H-pyrrole nitrogens is 1. The summed E-state index contributed by atoms with van der Waals surface area (Å²) in [7, 11) is 1.50. The molecule has 10 heteroatoms. The second-order valence-electron chi connectivity index (χ2n) is 7.13. The average Bonchev–Trinajstić information content (AvgIpc) is 3.17. The van der Waals surface area contributed by atoms with Crippen molar-refractivity contribution >= 4 is 39.5 Å². The predicted molar refractivity (Wildman–Crippen MR) is 107 cm³/mol. The molecule has 0 bridgehead atoms. The molecule has 0 unspecified atom stereocenters. The zero-order valence-electron chi connectivity index (χ0n) is 16.1. The van der Waals surface area contributed by atoms with Crippen LogP contribution in [0.15, 0.2) is 17.8 Å². The number of nitrogens with two attached hydrogens (primary N) is 1. The van der Waals surface area contributed by atoms with Crippen LogP contribution in [-0.2, 0) is 12.8 Å². The molecule has 0 saturated carbocycles. The van der Waals surface area contributed by atoms with Crippen molar-refractivity contribution in [2.75, 3.05) is 7.05 Å². The molecule has 0 spiro atoms. The van der Waals surface area contributed by atoms with E-state index in [1.165, 1.54) is 7.05 Å². The molecular weight excluding hydrogens is 397 g/mol. The summed E-state index contributed by atoms with van der Waals surface area (Å²) < 4.78 is 39.9. The third-order valence-corrected chi connectivity index (χ3v) is 5.43. The maximum atomic E-state index is 13.3. The maximum absolute atomic E-state index is 13.3. The van der Waals surface area contributed by atoms with Gasteiger partial charge >= 0.3 is 6.18 Å². The van der Waals surface area contributed by atoms with E-state index in [9.17, 15) is 18.0 Å². The summed E-state index contributed by atoms with van der Waals surface area (Å²) in [4.78, 5) is 16.8. The largest absolute Gasteiger partial charge is 0.431 e. The van der Waals surface area contributed by atoms with Gasteiger partial charge in [-0.2, -0.15) is 18.3 Å². The number of carbonyl (C=O) groups is 1. The van der Waals surface area contributed by atoms with Crippen LogP contribution in [-0.4, -0.2) is 40.5 Å².